The molecule has 1 aliphatic rings. The lowest BCUT2D eigenvalue weighted by molar-refractivity contribution is -0.119. The molecule has 0 saturated heterocycles. The van der Waals surface area contributed by atoms with Crippen molar-refractivity contribution in [2.75, 3.05) is 7.11 Å². The monoisotopic (exact) mass is 230 g/mol. The quantitative estimate of drug-likeness (QED) is 0.450. The van der Waals surface area contributed by atoms with Crippen LogP contribution in [0.1, 0.15) is 17.5 Å². The van der Waals surface area contributed by atoms with Gasteiger partial charge in [0, 0.05) is 5.92 Å². The average Bonchev–Trinajstić information content (AvgIpc) is 2.37. The number of benzene rings is 1. The normalized spacial score (nSPS) is 17.8. The van der Waals surface area contributed by atoms with Gasteiger partial charge in [-0.25, -0.2) is 0 Å². The minimum atomic E-state index is -0.110. The summed E-state index contributed by atoms with van der Waals surface area (Å²) in [6.45, 7) is 0. The highest BCUT2D eigenvalue weighted by Crippen LogP contribution is 2.32. The molecule has 0 bridgehead atoms. The molecule has 0 amide bonds. The Bertz CT molecular complexity index is 490. The van der Waals surface area contributed by atoms with Crippen LogP contribution in [0.2, 0.25) is 0 Å². The molecule has 0 aromatic heterocycles. The highest BCUT2D eigenvalue weighted by atomic mass is 16.5. The maximum absolute atomic E-state index is 11.6. The van der Waals surface area contributed by atoms with E-state index in [1.165, 1.54) is 5.56 Å². The maximum atomic E-state index is 11.6. The van der Waals surface area contributed by atoms with Crippen LogP contribution >= 0.6 is 0 Å². The zero-order chi connectivity index (χ0) is 12.3. The molecule has 0 saturated carbocycles. The lowest BCUT2D eigenvalue weighted by Crippen LogP contribution is -2.24. The van der Waals surface area contributed by atoms with Gasteiger partial charge < -0.3 is 10.3 Å². The fraction of sp³-hybridized carbons (Fsp3) is 0.385. The van der Waals surface area contributed by atoms with Crippen molar-refractivity contribution in [1.29, 1.82) is 0 Å². The molecule has 2 rings (SSSR count). The van der Waals surface area contributed by atoms with Crippen LogP contribution in [0.15, 0.2) is 18.2 Å². The molecule has 4 heteroatoms. The first-order chi connectivity index (χ1) is 8.26. The zero-order valence-corrected chi connectivity index (χ0v) is 9.72. The van der Waals surface area contributed by atoms with Crippen LogP contribution in [0.4, 0.5) is 0 Å². The van der Waals surface area contributed by atoms with Crippen molar-refractivity contribution < 1.29 is 14.3 Å². The molecule has 0 radical (unpaired) electrons. The van der Waals surface area contributed by atoms with Gasteiger partial charge in [0.25, 0.3) is 0 Å². The Morgan fingerprint density at radius 1 is 1.59 bits per heavy atom. The summed E-state index contributed by atoms with van der Waals surface area (Å²) in [5.41, 5.74) is 10.7. The lowest BCUT2D eigenvalue weighted by atomic mass is 9.81. The maximum Gasteiger partial charge on any atom is 0.323 e. The predicted molar refractivity (Wildman–Crippen MR) is 63.2 cm³/mol. The first-order valence-electron chi connectivity index (χ1n) is 5.62. The molecular weight excluding hydrogens is 216 g/mol. The summed E-state index contributed by atoms with van der Waals surface area (Å²) in [4.78, 5) is 14.4. The summed E-state index contributed by atoms with van der Waals surface area (Å²) in [6, 6.07) is 5.90. The molecule has 0 N–H and O–H groups in total. The van der Waals surface area contributed by atoms with Crippen molar-refractivity contribution in [1.82, 2.24) is 0 Å². The Balaban J connectivity index is 2.25. The van der Waals surface area contributed by atoms with Crippen LogP contribution in [0.5, 0.6) is 5.75 Å². The molecule has 1 unspecified atom stereocenters. The number of hydrogen-bond donors (Lipinski definition) is 0. The van der Waals surface area contributed by atoms with Gasteiger partial charge in [-0.3, -0.25) is 4.79 Å². The molecule has 4 nitrogen and oxygen atoms in total. The van der Waals surface area contributed by atoms with Gasteiger partial charge in [-0.1, -0.05) is 12.1 Å². The van der Waals surface area contributed by atoms with Gasteiger partial charge in [0.15, 0.2) is 0 Å². The van der Waals surface area contributed by atoms with Gasteiger partial charge in [0.1, 0.15) is 5.75 Å². The second-order valence-electron chi connectivity index (χ2n) is 4.18. The molecule has 0 spiro atoms. The molecule has 0 fully saturated rings. The Kier molecular flexibility index (Phi) is 3.35. The summed E-state index contributed by atoms with van der Waals surface area (Å²) in [7, 11) is 1.66. The minimum absolute atomic E-state index is 0.0782. The number of methoxy groups -OCH3 is 1. The van der Waals surface area contributed by atoms with Crippen molar-refractivity contribution >= 4 is 12.0 Å². The molecule has 88 valence electrons. The van der Waals surface area contributed by atoms with Crippen LogP contribution in [-0.2, 0) is 17.6 Å². The van der Waals surface area contributed by atoms with E-state index in [1.807, 2.05) is 18.2 Å². The first kappa shape index (κ1) is 11.6. The number of carbonyl (C=O) groups is 1. The Hall–Kier alpha value is -1.93. The van der Waals surface area contributed by atoms with Gasteiger partial charge >= 0.3 is 6.21 Å². The average molecular weight is 230 g/mol. The van der Waals surface area contributed by atoms with Crippen LogP contribution in [0.25, 0.3) is 5.53 Å². The van der Waals surface area contributed by atoms with Crippen LogP contribution in [0, 0.1) is 5.92 Å². The van der Waals surface area contributed by atoms with E-state index in [4.69, 9.17) is 10.3 Å². The highest BCUT2D eigenvalue weighted by Gasteiger charge is 2.26. The molecular formula is C13H14N2O2. The van der Waals surface area contributed by atoms with Crippen LogP contribution in [0.3, 0.4) is 0 Å². The summed E-state index contributed by atoms with van der Waals surface area (Å²) in [5.74, 6) is 0.704. The number of nitrogens with zero attached hydrogens (tertiary/aromatic N) is 2. The van der Waals surface area contributed by atoms with Crippen molar-refractivity contribution in [3.8, 4) is 5.75 Å². The highest BCUT2D eigenvalue weighted by molar-refractivity contribution is 6.26. The summed E-state index contributed by atoms with van der Waals surface area (Å²) in [6.07, 6.45) is 3.29. The molecule has 1 atom stereocenters. The Morgan fingerprint density at radius 2 is 2.41 bits per heavy atom. The summed E-state index contributed by atoms with van der Waals surface area (Å²) >= 11 is 0. The molecule has 0 aliphatic heterocycles. The number of carbonyl (C=O) groups excluding carboxylic acids is 1. The van der Waals surface area contributed by atoms with E-state index in [0.29, 0.717) is 6.42 Å². The van der Waals surface area contributed by atoms with Crippen LogP contribution < -0.4 is 4.74 Å². The number of rotatable bonds is 3. The topological polar surface area (TPSA) is 62.7 Å². The fourth-order valence-electron chi connectivity index (χ4n) is 2.37. The van der Waals surface area contributed by atoms with Crippen molar-refractivity contribution in [3.63, 3.8) is 0 Å². The van der Waals surface area contributed by atoms with Crippen molar-refractivity contribution in [3.05, 3.63) is 34.9 Å². The SMILES string of the molecule is COc1cccc2c1CCC(C(=O)C=[N+]=[N-])C2. The summed E-state index contributed by atoms with van der Waals surface area (Å²) < 4.78 is 5.30. The Labute approximate surface area is 99.8 Å². The Morgan fingerprint density at radius 3 is 3.12 bits per heavy atom. The zero-order valence-electron chi connectivity index (χ0n) is 9.72. The number of hydrogen-bond acceptors (Lipinski definition) is 2. The summed E-state index contributed by atoms with van der Waals surface area (Å²) in [5, 5.41) is 0. The van der Waals surface area contributed by atoms with Gasteiger partial charge in [-0.05, 0) is 36.5 Å². The van der Waals surface area contributed by atoms with E-state index >= 15 is 0 Å². The standard InChI is InChI=1S/C13H14N2O2/c1-17-13-4-2-3-9-7-10(5-6-11(9)13)12(16)8-15-14/h2-4,8,10H,5-7H2,1H3. The third-order valence-corrected chi connectivity index (χ3v) is 3.25. The van der Waals surface area contributed by atoms with Gasteiger partial charge in [0.2, 0.25) is 5.78 Å². The molecule has 0 heterocycles. The van der Waals surface area contributed by atoms with Crippen molar-refractivity contribution in [2.24, 2.45) is 5.92 Å². The first-order valence-corrected chi connectivity index (χ1v) is 5.62. The van der Waals surface area contributed by atoms with E-state index in [9.17, 15) is 4.79 Å². The van der Waals surface area contributed by atoms with E-state index in [1.54, 1.807) is 7.11 Å². The van der Waals surface area contributed by atoms with E-state index in [0.717, 1.165) is 30.4 Å². The number of fused-ring (bicyclic) bond motifs is 1. The predicted octanol–water partition coefficient (Wildman–Crippen LogP) is 1.67. The number of ketones is 1. The third-order valence-electron chi connectivity index (χ3n) is 3.25. The largest absolute Gasteiger partial charge is 0.496 e. The third kappa shape index (κ3) is 2.27. The molecule has 1 aliphatic carbocycles. The molecule has 1 aromatic carbocycles. The van der Waals surface area contributed by atoms with Gasteiger partial charge in [-0.2, -0.15) is 4.79 Å². The molecule has 1 aromatic rings. The number of ether oxygens (including phenoxy) is 1. The van der Waals surface area contributed by atoms with Crippen LogP contribution in [-0.4, -0.2) is 23.9 Å². The van der Waals surface area contributed by atoms with E-state index in [-0.39, 0.29) is 11.7 Å². The second kappa shape index (κ2) is 4.93. The fourth-order valence-corrected chi connectivity index (χ4v) is 2.37. The smallest absolute Gasteiger partial charge is 0.323 e. The van der Waals surface area contributed by atoms with E-state index < -0.39 is 0 Å². The van der Waals surface area contributed by atoms with Gasteiger partial charge in [0.05, 0.1) is 7.11 Å². The molecule has 17 heavy (non-hydrogen) atoms. The number of Topliss-reactive ketones (excluding diaryl/α,β-unsaturated/α-hetero) is 1. The van der Waals surface area contributed by atoms with Gasteiger partial charge in [-0.15, -0.1) is 0 Å². The lowest BCUT2D eigenvalue weighted by Gasteiger charge is -2.23. The van der Waals surface area contributed by atoms with E-state index in [2.05, 4.69) is 4.79 Å². The second-order valence-corrected chi connectivity index (χ2v) is 4.18. The minimum Gasteiger partial charge on any atom is -0.496 e. The van der Waals surface area contributed by atoms with Crippen molar-refractivity contribution in [2.45, 2.75) is 19.3 Å².